The molecule has 0 unspecified atom stereocenters. The van der Waals surface area contributed by atoms with Crippen molar-refractivity contribution in [3.8, 4) is 0 Å². The van der Waals surface area contributed by atoms with Gasteiger partial charge in [-0.05, 0) is 23.1 Å². The number of thiophene rings is 1. The van der Waals surface area contributed by atoms with Crippen molar-refractivity contribution in [2.75, 3.05) is 12.4 Å². The standard InChI is InChI=1S/C14H15NS2.CH5N3O/c1-3-11-6-4-8-13(15-2)14(11)17-10-12-7-5-9-16-12;2-4-3-1-5/h3-9,15H,1,10H2,2H3;1,4H,2H2,(H,3,5). The molecule has 0 saturated heterocycles. The largest absolute Gasteiger partial charge is 0.387 e. The zero-order chi connectivity index (χ0) is 16.2. The van der Waals surface area contributed by atoms with Gasteiger partial charge in [-0.1, -0.05) is 30.9 Å². The Labute approximate surface area is 138 Å². The number of hydrogen-bond donors (Lipinski definition) is 4. The fourth-order valence-corrected chi connectivity index (χ4v) is 3.61. The highest BCUT2D eigenvalue weighted by atomic mass is 32.2. The van der Waals surface area contributed by atoms with E-state index in [0.717, 1.165) is 5.75 Å². The third-order valence-electron chi connectivity index (χ3n) is 2.62. The van der Waals surface area contributed by atoms with Crippen LogP contribution in [0.5, 0.6) is 0 Å². The van der Waals surface area contributed by atoms with Gasteiger partial charge in [-0.2, -0.15) is 5.53 Å². The van der Waals surface area contributed by atoms with E-state index in [-0.39, 0.29) is 0 Å². The predicted octanol–water partition coefficient (Wildman–Crippen LogP) is 2.84. The van der Waals surface area contributed by atoms with E-state index >= 15 is 0 Å². The Morgan fingerprint density at radius 2 is 2.18 bits per heavy atom. The minimum absolute atomic E-state index is 0.444. The van der Waals surface area contributed by atoms with Gasteiger partial charge in [-0.15, -0.1) is 23.1 Å². The quantitative estimate of drug-likeness (QED) is 0.271. The molecule has 0 bridgehead atoms. The van der Waals surface area contributed by atoms with Crippen molar-refractivity contribution in [3.05, 3.63) is 52.7 Å². The highest BCUT2D eigenvalue weighted by Gasteiger charge is 2.06. The van der Waals surface area contributed by atoms with E-state index in [1.165, 1.54) is 21.0 Å². The maximum atomic E-state index is 9.15. The normalized spacial score (nSPS) is 9.36. The van der Waals surface area contributed by atoms with Crippen LogP contribution < -0.4 is 22.1 Å². The first kappa shape index (κ1) is 18.2. The van der Waals surface area contributed by atoms with Gasteiger partial charge in [0.2, 0.25) is 6.41 Å². The van der Waals surface area contributed by atoms with Gasteiger partial charge in [0, 0.05) is 28.3 Å². The van der Waals surface area contributed by atoms with Crippen molar-refractivity contribution in [1.29, 1.82) is 0 Å². The first-order valence-corrected chi connectivity index (χ1v) is 8.36. The summed E-state index contributed by atoms with van der Waals surface area (Å²) in [5, 5.41) is 5.35. The molecular weight excluding hydrogens is 316 g/mol. The molecule has 1 aromatic carbocycles. The van der Waals surface area contributed by atoms with Crippen molar-refractivity contribution in [3.63, 3.8) is 0 Å². The molecular formula is C15H20N4OS2. The second kappa shape index (κ2) is 10.9. The summed E-state index contributed by atoms with van der Waals surface area (Å²) < 4.78 is 0. The zero-order valence-electron chi connectivity index (χ0n) is 12.3. The van der Waals surface area contributed by atoms with Crippen molar-refractivity contribution in [1.82, 2.24) is 11.0 Å². The van der Waals surface area contributed by atoms with Crippen LogP contribution in [0, 0.1) is 0 Å². The lowest BCUT2D eigenvalue weighted by molar-refractivity contribution is -0.110. The van der Waals surface area contributed by atoms with Gasteiger partial charge in [0.1, 0.15) is 0 Å². The predicted molar refractivity (Wildman–Crippen MR) is 96.5 cm³/mol. The molecule has 1 heterocycles. The third kappa shape index (κ3) is 5.90. The lowest BCUT2D eigenvalue weighted by Crippen LogP contribution is -2.36. The topological polar surface area (TPSA) is 79.2 Å². The van der Waals surface area contributed by atoms with Crippen LogP contribution in [0.1, 0.15) is 10.4 Å². The molecule has 0 fully saturated rings. The van der Waals surface area contributed by atoms with E-state index in [4.69, 9.17) is 4.79 Å². The Balaban J connectivity index is 0.000000422. The number of hydrogen-bond acceptors (Lipinski definition) is 6. The van der Waals surface area contributed by atoms with Gasteiger partial charge in [-0.25, -0.2) is 0 Å². The van der Waals surface area contributed by atoms with Crippen LogP contribution in [0.25, 0.3) is 6.08 Å². The molecule has 0 spiro atoms. The number of anilines is 1. The molecule has 7 heteroatoms. The Hall–Kier alpha value is -1.80. The lowest BCUT2D eigenvalue weighted by Gasteiger charge is -2.11. The number of carbonyl (C=O) groups excluding carboxylic acids is 1. The molecule has 0 radical (unpaired) electrons. The summed E-state index contributed by atoms with van der Waals surface area (Å²) >= 11 is 3.66. The highest BCUT2D eigenvalue weighted by Crippen LogP contribution is 2.34. The number of hydrazine groups is 2. The summed E-state index contributed by atoms with van der Waals surface area (Å²) in [7, 11) is 1.96. The summed E-state index contributed by atoms with van der Waals surface area (Å²) in [5.74, 6) is 5.56. The molecule has 0 aliphatic heterocycles. The van der Waals surface area contributed by atoms with Crippen molar-refractivity contribution in [2.24, 2.45) is 5.84 Å². The number of carbonyl (C=O) groups is 1. The number of nitrogens with one attached hydrogen (secondary N) is 3. The fraction of sp³-hybridized carbons (Fsp3) is 0.133. The van der Waals surface area contributed by atoms with Gasteiger partial charge in [0.05, 0.1) is 0 Å². The second-order valence-corrected chi connectivity index (χ2v) is 5.97. The SMILES string of the molecule is C=Cc1cccc(NC)c1SCc1cccs1.NNNC=O. The van der Waals surface area contributed by atoms with Crippen LogP contribution in [0.15, 0.2) is 47.2 Å². The van der Waals surface area contributed by atoms with E-state index in [9.17, 15) is 0 Å². The maximum Gasteiger partial charge on any atom is 0.222 e. The Bertz CT molecular complexity index is 573. The Morgan fingerprint density at radius 1 is 1.36 bits per heavy atom. The van der Waals surface area contributed by atoms with Crippen LogP contribution in [-0.2, 0) is 10.5 Å². The molecule has 2 rings (SSSR count). The zero-order valence-corrected chi connectivity index (χ0v) is 14.0. The minimum atomic E-state index is 0.444. The molecule has 0 atom stereocenters. The Kier molecular flexibility index (Phi) is 9.01. The van der Waals surface area contributed by atoms with Crippen LogP contribution in [0.2, 0.25) is 0 Å². The van der Waals surface area contributed by atoms with Crippen LogP contribution in [0.4, 0.5) is 5.69 Å². The number of thioether (sulfide) groups is 1. The average Bonchev–Trinajstić information content (AvgIpc) is 3.07. The molecule has 22 heavy (non-hydrogen) atoms. The van der Waals surface area contributed by atoms with Gasteiger partial charge >= 0.3 is 0 Å². The smallest absolute Gasteiger partial charge is 0.222 e. The fourth-order valence-electron chi connectivity index (χ4n) is 1.65. The number of rotatable bonds is 7. The van der Waals surface area contributed by atoms with E-state index in [1.807, 2.05) is 35.8 Å². The minimum Gasteiger partial charge on any atom is -0.387 e. The monoisotopic (exact) mass is 336 g/mol. The molecule has 5 nitrogen and oxygen atoms in total. The van der Waals surface area contributed by atoms with Crippen LogP contribution in [0.3, 0.4) is 0 Å². The van der Waals surface area contributed by atoms with Gasteiger partial charge in [0.15, 0.2) is 0 Å². The summed E-state index contributed by atoms with van der Waals surface area (Å²) in [6.45, 7) is 3.87. The van der Waals surface area contributed by atoms with Crippen molar-refractivity contribution >= 4 is 41.3 Å². The lowest BCUT2D eigenvalue weighted by atomic mass is 10.2. The van der Waals surface area contributed by atoms with E-state index in [2.05, 4.69) is 53.5 Å². The summed E-state index contributed by atoms with van der Waals surface area (Å²) in [6, 6.07) is 10.5. The second-order valence-electron chi connectivity index (χ2n) is 3.95. The van der Waals surface area contributed by atoms with E-state index < -0.39 is 0 Å². The van der Waals surface area contributed by atoms with E-state index in [0.29, 0.717) is 6.41 Å². The molecule has 2 aromatic rings. The van der Waals surface area contributed by atoms with Gasteiger partial charge < -0.3 is 5.32 Å². The number of nitrogens with two attached hydrogens (primary N) is 1. The number of amides is 1. The first-order chi connectivity index (χ1) is 10.8. The highest BCUT2D eigenvalue weighted by molar-refractivity contribution is 7.98. The van der Waals surface area contributed by atoms with Gasteiger partial charge in [-0.3, -0.25) is 16.1 Å². The van der Waals surface area contributed by atoms with Gasteiger partial charge in [0.25, 0.3) is 0 Å². The molecule has 0 saturated carbocycles. The van der Waals surface area contributed by atoms with Crippen molar-refractivity contribution < 1.29 is 4.79 Å². The first-order valence-electron chi connectivity index (χ1n) is 6.50. The maximum absolute atomic E-state index is 9.15. The van der Waals surface area contributed by atoms with Crippen molar-refractivity contribution in [2.45, 2.75) is 10.6 Å². The molecule has 118 valence electrons. The molecule has 5 N–H and O–H groups in total. The van der Waals surface area contributed by atoms with Crippen LogP contribution in [-0.4, -0.2) is 13.5 Å². The molecule has 1 aromatic heterocycles. The van der Waals surface area contributed by atoms with E-state index in [1.54, 1.807) is 11.3 Å². The van der Waals surface area contributed by atoms with Crippen LogP contribution >= 0.6 is 23.1 Å². The molecule has 0 aliphatic carbocycles. The molecule has 1 amide bonds. The summed E-state index contributed by atoms with van der Waals surface area (Å²) in [4.78, 5) is 11.8. The number of benzene rings is 1. The summed E-state index contributed by atoms with van der Waals surface area (Å²) in [6.07, 6.45) is 2.36. The summed E-state index contributed by atoms with van der Waals surface area (Å²) in [5.41, 5.74) is 6.22. The third-order valence-corrected chi connectivity index (χ3v) is 4.87. The Morgan fingerprint density at radius 3 is 2.68 bits per heavy atom. The average molecular weight is 336 g/mol. The molecule has 0 aliphatic rings.